The SMILES string of the molecule is CC(C)(O)OCC1CC(O)CCO1.COC(C)=O. The third kappa shape index (κ3) is 10.5. The second kappa shape index (κ2) is 8.42. The van der Waals surface area contributed by atoms with E-state index in [9.17, 15) is 15.0 Å². The number of carbonyl (C=O) groups is 1. The van der Waals surface area contributed by atoms with Crippen LogP contribution in [-0.4, -0.2) is 54.5 Å². The molecule has 1 rings (SSSR count). The van der Waals surface area contributed by atoms with Crippen LogP contribution in [0.25, 0.3) is 0 Å². The average Bonchev–Trinajstić information content (AvgIpc) is 2.26. The number of hydrogen-bond donors (Lipinski definition) is 2. The summed E-state index contributed by atoms with van der Waals surface area (Å²) in [6.45, 7) is 5.42. The van der Waals surface area contributed by atoms with Crippen LogP contribution in [0.4, 0.5) is 0 Å². The molecular weight excluding hydrogens is 240 g/mol. The molecule has 1 saturated heterocycles. The molecule has 0 bridgehead atoms. The Morgan fingerprint density at radius 1 is 1.50 bits per heavy atom. The van der Waals surface area contributed by atoms with Gasteiger partial charge in [0.15, 0.2) is 5.79 Å². The molecule has 1 aliphatic rings. The van der Waals surface area contributed by atoms with Gasteiger partial charge >= 0.3 is 5.97 Å². The summed E-state index contributed by atoms with van der Waals surface area (Å²) in [5.74, 6) is -1.36. The zero-order valence-electron chi connectivity index (χ0n) is 11.5. The van der Waals surface area contributed by atoms with Crippen LogP contribution in [0.1, 0.15) is 33.6 Å². The largest absolute Gasteiger partial charge is 0.469 e. The van der Waals surface area contributed by atoms with Gasteiger partial charge in [0.1, 0.15) is 0 Å². The highest BCUT2D eigenvalue weighted by molar-refractivity contribution is 5.65. The molecule has 2 atom stereocenters. The Balaban J connectivity index is 0.000000494. The minimum Gasteiger partial charge on any atom is -0.469 e. The maximum Gasteiger partial charge on any atom is 0.302 e. The number of carbonyl (C=O) groups excluding carboxylic acids is 1. The zero-order chi connectivity index (χ0) is 14.2. The van der Waals surface area contributed by atoms with E-state index in [1.807, 2.05) is 0 Å². The van der Waals surface area contributed by atoms with Gasteiger partial charge in [-0.2, -0.15) is 0 Å². The third-order valence-corrected chi connectivity index (χ3v) is 2.25. The van der Waals surface area contributed by atoms with Crippen molar-refractivity contribution in [1.29, 1.82) is 0 Å². The Kier molecular flexibility index (Phi) is 8.10. The second-order valence-corrected chi connectivity index (χ2v) is 4.62. The maximum atomic E-state index is 9.59. The second-order valence-electron chi connectivity index (χ2n) is 4.62. The summed E-state index contributed by atoms with van der Waals surface area (Å²) in [5, 5.41) is 18.6. The van der Waals surface area contributed by atoms with Gasteiger partial charge < -0.3 is 24.4 Å². The number of aliphatic hydroxyl groups is 2. The zero-order valence-corrected chi connectivity index (χ0v) is 11.5. The molecule has 0 aromatic heterocycles. The van der Waals surface area contributed by atoms with Gasteiger partial charge in [-0.15, -0.1) is 0 Å². The maximum absolute atomic E-state index is 9.59. The summed E-state index contributed by atoms with van der Waals surface area (Å²) in [6, 6.07) is 0. The van der Waals surface area contributed by atoms with E-state index >= 15 is 0 Å². The van der Waals surface area contributed by atoms with Crippen LogP contribution in [0.15, 0.2) is 0 Å². The lowest BCUT2D eigenvalue weighted by molar-refractivity contribution is -0.202. The van der Waals surface area contributed by atoms with Crippen molar-refractivity contribution >= 4 is 5.97 Å². The van der Waals surface area contributed by atoms with Crippen molar-refractivity contribution in [2.75, 3.05) is 20.3 Å². The minimum absolute atomic E-state index is 0.0878. The predicted octanol–water partition coefficient (Wildman–Crippen LogP) is 0.451. The normalized spacial score (nSPS) is 23.9. The van der Waals surface area contributed by atoms with Gasteiger partial charge in [0.05, 0.1) is 25.9 Å². The Hall–Kier alpha value is -0.690. The third-order valence-electron chi connectivity index (χ3n) is 2.25. The number of hydrogen-bond acceptors (Lipinski definition) is 6. The summed E-state index contributed by atoms with van der Waals surface area (Å²) in [4.78, 5) is 9.59. The molecule has 6 nitrogen and oxygen atoms in total. The number of esters is 1. The van der Waals surface area contributed by atoms with Gasteiger partial charge in [-0.1, -0.05) is 0 Å². The highest BCUT2D eigenvalue weighted by Crippen LogP contribution is 2.15. The molecule has 2 unspecified atom stereocenters. The monoisotopic (exact) mass is 264 g/mol. The van der Waals surface area contributed by atoms with Crippen molar-refractivity contribution in [1.82, 2.24) is 0 Å². The van der Waals surface area contributed by atoms with Crippen molar-refractivity contribution in [3.05, 3.63) is 0 Å². The lowest BCUT2D eigenvalue weighted by atomic mass is 10.1. The van der Waals surface area contributed by atoms with Crippen LogP contribution in [0.3, 0.4) is 0 Å². The smallest absolute Gasteiger partial charge is 0.302 e. The lowest BCUT2D eigenvalue weighted by Crippen LogP contribution is -2.35. The summed E-state index contributed by atoms with van der Waals surface area (Å²) in [6.07, 6.45) is 0.911. The van der Waals surface area contributed by atoms with E-state index in [0.29, 0.717) is 26.1 Å². The molecular formula is C12H24O6. The van der Waals surface area contributed by atoms with Crippen molar-refractivity contribution in [2.24, 2.45) is 0 Å². The Labute approximate surface area is 108 Å². The molecule has 0 saturated carbocycles. The molecule has 2 N–H and O–H groups in total. The first-order valence-corrected chi connectivity index (χ1v) is 5.95. The summed E-state index contributed by atoms with van der Waals surface area (Å²) in [7, 11) is 1.35. The topological polar surface area (TPSA) is 85.2 Å². The van der Waals surface area contributed by atoms with E-state index in [1.54, 1.807) is 13.8 Å². The summed E-state index contributed by atoms with van der Waals surface area (Å²) < 4.78 is 14.6. The molecule has 0 radical (unpaired) electrons. The number of rotatable bonds is 3. The van der Waals surface area contributed by atoms with Gasteiger partial charge in [-0.3, -0.25) is 4.79 Å². The summed E-state index contributed by atoms with van der Waals surface area (Å²) >= 11 is 0. The highest BCUT2D eigenvalue weighted by atomic mass is 16.6. The van der Waals surface area contributed by atoms with Gasteiger partial charge in [0.2, 0.25) is 0 Å². The van der Waals surface area contributed by atoms with Gasteiger partial charge in [0.25, 0.3) is 0 Å². The first kappa shape index (κ1) is 17.3. The van der Waals surface area contributed by atoms with E-state index in [4.69, 9.17) is 9.47 Å². The minimum atomic E-state index is -1.12. The molecule has 18 heavy (non-hydrogen) atoms. The number of methoxy groups -OCH3 is 1. The fourth-order valence-electron chi connectivity index (χ4n) is 1.27. The van der Waals surface area contributed by atoms with E-state index < -0.39 is 5.79 Å². The Morgan fingerprint density at radius 2 is 2.06 bits per heavy atom. The van der Waals surface area contributed by atoms with Gasteiger partial charge in [-0.25, -0.2) is 0 Å². The van der Waals surface area contributed by atoms with Crippen LogP contribution in [-0.2, 0) is 19.0 Å². The fourth-order valence-corrected chi connectivity index (χ4v) is 1.27. The van der Waals surface area contributed by atoms with Crippen LogP contribution in [0, 0.1) is 0 Å². The van der Waals surface area contributed by atoms with Crippen molar-refractivity contribution in [3.63, 3.8) is 0 Å². The fraction of sp³-hybridized carbons (Fsp3) is 0.917. The van der Waals surface area contributed by atoms with Crippen molar-refractivity contribution in [2.45, 2.75) is 51.6 Å². The number of aliphatic hydroxyl groups excluding tert-OH is 1. The molecule has 0 aromatic carbocycles. The predicted molar refractivity (Wildman–Crippen MR) is 64.9 cm³/mol. The average molecular weight is 264 g/mol. The molecule has 0 aliphatic carbocycles. The van der Waals surface area contributed by atoms with E-state index in [1.165, 1.54) is 14.0 Å². The van der Waals surface area contributed by atoms with Gasteiger partial charge in [0, 0.05) is 20.0 Å². The van der Waals surface area contributed by atoms with E-state index in [-0.39, 0.29) is 18.2 Å². The quantitative estimate of drug-likeness (QED) is 0.568. The first-order chi connectivity index (χ1) is 8.24. The standard InChI is InChI=1S/C9H18O4.C3H6O2/c1-9(2,11)13-6-8-5-7(10)3-4-12-8;1-3(4)5-2/h7-8,10-11H,3-6H2,1-2H3;1-2H3. The molecule has 1 fully saturated rings. The molecule has 0 aromatic rings. The molecule has 108 valence electrons. The van der Waals surface area contributed by atoms with Crippen LogP contribution < -0.4 is 0 Å². The van der Waals surface area contributed by atoms with Crippen LogP contribution in [0.2, 0.25) is 0 Å². The molecule has 1 heterocycles. The van der Waals surface area contributed by atoms with Crippen molar-refractivity contribution < 1.29 is 29.2 Å². The Morgan fingerprint density at radius 3 is 2.44 bits per heavy atom. The Bertz CT molecular complexity index is 235. The van der Waals surface area contributed by atoms with Crippen LogP contribution in [0.5, 0.6) is 0 Å². The number of ether oxygens (including phenoxy) is 3. The molecule has 1 aliphatic heterocycles. The van der Waals surface area contributed by atoms with Crippen molar-refractivity contribution in [3.8, 4) is 0 Å². The van der Waals surface area contributed by atoms with Crippen LogP contribution >= 0.6 is 0 Å². The lowest BCUT2D eigenvalue weighted by Gasteiger charge is -2.28. The summed E-state index contributed by atoms with van der Waals surface area (Å²) in [5.41, 5.74) is 0. The molecule has 0 amide bonds. The molecule has 6 heteroatoms. The highest BCUT2D eigenvalue weighted by Gasteiger charge is 2.23. The van der Waals surface area contributed by atoms with E-state index in [2.05, 4.69) is 4.74 Å². The first-order valence-electron chi connectivity index (χ1n) is 5.95. The molecule has 0 spiro atoms. The van der Waals surface area contributed by atoms with E-state index in [0.717, 1.165) is 0 Å². The van der Waals surface area contributed by atoms with Gasteiger partial charge in [-0.05, 0) is 20.3 Å².